The predicted molar refractivity (Wildman–Crippen MR) is 139 cm³/mol. The number of aliphatic carboxylic acids is 1. The summed E-state index contributed by atoms with van der Waals surface area (Å²) in [5.41, 5.74) is 12.0. The van der Waals surface area contributed by atoms with Gasteiger partial charge in [-0.2, -0.15) is 0 Å². The molecule has 34 heavy (non-hydrogen) atoms. The van der Waals surface area contributed by atoms with Crippen LogP contribution in [0.2, 0.25) is 0 Å². The molecule has 2 aliphatic carbocycles. The van der Waals surface area contributed by atoms with E-state index in [0.717, 1.165) is 11.1 Å². The van der Waals surface area contributed by atoms with Crippen molar-refractivity contribution >= 4 is 11.5 Å². The third-order valence-electron chi connectivity index (χ3n) is 7.61. The molecule has 0 aromatic heterocycles. The topological polar surface area (TPSA) is 72.5 Å². The first-order valence-electron chi connectivity index (χ1n) is 12.3. The number of ether oxygens (including phenoxy) is 1. The van der Waals surface area contributed by atoms with Crippen molar-refractivity contribution in [1.82, 2.24) is 0 Å². The fourth-order valence-corrected chi connectivity index (χ4v) is 5.15. The summed E-state index contributed by atoms with van der Waals surface area (Å²) >= 11 is 0. The zero-order valence-corrected chi connectivity index (χ0v) is 20.9. The Balaban J connectivity index is 1.62. The number of hydrogen-bond acceptors (Lipinski definition) is 3. The maximum absolute atomic E-state index is 11.9. The summed E-state index contributed by atoms with van der Waals surface area (Å²) in [4.78, 5) is 11.9. The lowest BCUT2D eigenvalue weighted by molar-refractivity contribution is -0.159. The van der Waals surface area contributed by atoms with E-state index in [9.17, 15) is 9.90 Å². The molecule has 4 heteroatoms. The molecule has 0 aliphatic heterocycles. The van der Waals surface area contributed by atoms with Crippen LogP contribution in [0, 0.1) is 0 Å². The average molecular weight is 460 g/mol. The monoisotopic (exact) mass is 459 g/mol. The molecule has 1 unspecified atom stereocenters. The van der Waals surface area contributed by atoms with Gasteiger partial charge in [0.05, 0.1) is 0 Å². The number of rotatable bonds is 7. The van der Waals surface area contributed by atoms with E-state index in [1.54, 1.807) is 6.08 Å². The van der Waals surface area contributed by atoms with Gasteiger partial charge in [-0.15, -0.1) is 0 Å². The van der Waals surface area contributed by atoms with Crippen LogP contribution >= 0.6 is 0 Å². The van der Waals surface area contributed by atoms with Crippen LogP contribution in [0.25, 0.3) is 16.7 Å². The fraction of sp³-hybridized carbons (Fsp3) is 0.433. The number of carboxylic acid groups (broad SMARTS) is 1. The third kappa shape index (κ3) is 4.62. The molecule has 2 aliphatic rings. The molecule has 0 radical (unpaired) electrons. The largest absolute Gasteiger partial charge is 0.479 e. The predicted octanol–water partition coefficient (Wildman–Crippen LogP) is 6.23. The number of carboxylic acids is 1. The van der Waals surface area contributed by atoms with E-state index in [0.29, 0.717) is 26.0 Å². The van der Waals surface area contributed by atoms with Gasteiger partial charge in [-0.3, -0.25) is 0 Å². The Kier molecular flexibility index (Phi) is 6.58. The second-order valence-electron chi connectivity index (χ2n) is 11.0. The SMILES string of the molecule is CC1(C)CCC(C)(C)c2cc(-c3cccc(C4=CCC(OCCCN)(C(=O)O)C=C4)c3)ccc21. The summed E-state index contributed by atoms with van der Waals surface area (Å²) in [6.45, 7) is 10.2. The molecule has 0 heterocycles. The van der Waals surface area contributed by atoms with Crippen molar-refractivity contribution in [1.29, 1.82) is 0 Å². The van der Waals surface area contributed by atoms with E-state index in [1.165, 1.54) is 35.1 Å². The average Bonchev–Trinajstić information content (AvgIpc) is 2.82. The van der Waals surface area contributed by atoms with E-state index >= 15 is 0 Å². The first kappa shape index (κ1) is 24.4. The zero-order valence-electron chi connectivity index (χ0n) is 20.9. The van der Waals surface area contributed by atoms with E-state index in [2.05, 4.69) is 70.2 Å². The highest BCUT2D eigenvalue weighted by molar-refractivity contribution is 5.86. The third-order valence-corrected chi connectivity index (χ3v) is 7.61. The lowest BCUT2D eigenvalue weighted by atomic mass is 9.63. The summed E-state index contributed by atoms with van der Waals surface area (Å²) < 4.78 is 5.73. The van der Waals surface area contributed by atoms with Crippen LogP contribution in [-0.2, 0) is 20.4 Å². The molecule has 0 spiro atoms. The lowest BCUT2D eigenvalue weighted by Gasteiger charge is -2.42. The summed E-state index contributed by atoms with van der Waals surface area (Å²) in [5, 5.41) is 9.78. The van der Waals surface area contributed by atoms with Crippen LogP contribution in [0.3, 0.4) is 0 Å². The van der Waals surface area contributed by atoms with Gasteiger partial charge in [-0.05, 0) is 82.2 Å². The van der Waals surface area contributed by atoms with Crippen LogP contribution in [-0.4, -0.2) is 29.8 Å². The van der Waals surface area contributed by atoms with Gasteiger partial charge in [0, 0.05) is 13.0 Å². The Bertz CT molecular complexity index is 1140. The number of benzene rings is 2. The van der Waals surface area contributed by atoms with E-state index in [1.807, 2.05) is 12.2 Å². The van der Waals surface area contributed by atoms with E-state index in [4.69, 9.17) is 10.5 Å². The normalized spacial score (nSPS) is 22.7. The second-order valence-corrected chi connectivity index (χ2v) is 11.0. The van der Waals surface area contributed by atoms with Crippen molar-refractivity contribution in [3.05, 3.63) is 77.4 Å². The molecular formula is C30H37NO3. The standard InChI is InChI=1S/C30H37NO3/c1-28(2)15-16-29(3,4)26-20-24(9-10-25(26)28)23-8-5-7-22(19-23)21-11-13-30(14-12-21,27(32)33)34-18-6-17-31/h5,7-13,19-20H,6,14-18,31H2,1-4H3,(H,32,33). The highest BCUT2D eigenvalue weighted by Crippen LogP contribution is 2.47. The molecule has 3 N–H and O–H groups in total. The Morgan fingerprint density at radius 1 is 0.971 bits per heavy atom. The maximum atomic E-state index is 11.9. The second kappa shape index (κ2) is 9.16. The summed E-state index contributed by atoms with van der Waals surface area (Å²) in [7, 11) is 0. The minimum Gasteiger partial charge on any atom is -0.479 e. The molecule has 0 saturated carbocycles. The maximum Gasteiger partial charge on any atom is 0.340 e. The minimum atomic E-state index is -1.31. The molecule has 180 valence electrons. The van der Waals surface area contributed by atoms with Crippen LogP contribution in [0.15, 0.2) is 60.7 Å². The summed E-state index contributed by atoms with van der Waals surface area (Å²) in [5.74, 6) is -0.968. The van der Waals surface area contributed by atoms with Gasteiger partial charge < -0.3 is 15.6 Å². The molecule has 1 atom stereocenters. The van der Waals surface area contributed by atoms with Crippen LogP contribution < -0.4 is 5.73 Å². The van der Waals surface area contributed by atoms with Gasteiger partial charge >= 0.3 is 5.97 Å². The van der Waals surface area contributed by atoms with Gasteiger partial charge in [0.2, 0.25) is 0 Å². The van der Waals surface area contributed by atoms with Gasteiger partial charge in [0.25, 0.3) is 0 Å². The molecule has 0 fully saturated rings. The first-order chi connectivity index (χ1) is 16.1. The van der Waals surface area contributed by atoms with Crippen molar-refractivity contribution in [2.24, 2.45) is 5.73 Å². The summed E-state index contributed by atoms with van der Waals surface area (Å²) in [6.07, 6.45) is 8.84. The molecule has 4 nitrogen and oxygen atoms in total. The smallest absolute Gasteiger partial charge is 0.340 e. The number of allylic oxidation sites excluding steroid dienone is 2. The van der Waals surface area contributed by atoms with Crippen LogP contribution in [0.1, 0.15) is 70.1 Å². The lowest BCUT2D eigenvalue weighted by Crippen LogP contribution is -2.40. The molecule has 2 aromatic carbocycles. The minimum absolute atomic E-state index is 0.164. The summed E-state index contributed by atoms with van der Waals surface area (Å²) in [6, 6.07) is 15.4. The van der Waals surface area contributed by atoms with Gasteiger partial charge in [-0.25, -0.2) is 4.79 Å². The van der Waals surface area contributed by atoms with Gasteiger partial charge in [0.15, 0.2) is 5.60 Å². The molecule has 4 rings (SSSR count). The fourth-order valence-electron chi connectivity index (χ4n) is 5.15. The van der Waals surface area contributed by atoms with Gasteiger partial charge in [0.1, 0.15) is 0 Å². The van der Waals surface area contributed by atoms with E-state index < -0.39 is 11.6 Å². The number of carbonyl (C=O) groups is 1. The Morgan fingerprint density at radius 3 is 2.29 bits per heavy atom. The highest BCUT2D eigenvalue weighted by Gasteiger charge is 2.38. The molecule has 0 saturated heterocycles. The number of nitrogens with two attached hydrogens (primary N) is 1. The van der Waals surface area contributed by atoms with Crippen molar-refractivity contribution in [3.8, 4) is 11.1 Å². The van der Waals surface area contributed by atoms with Crippen molar-refractivity contribution < 1.29 is 14.6 Å². The Labute approximate surface area is 203 Å². The zero-order chi connectivity index (χ0) is 24.6. The number of fused-ring (bicyclic) bond motifs is 1. The van der Waals surface area contributed by atoms with Crippen molar-refractivity contribution in [3.63, 3.8) is 0 Å². The molecule has 2 aromatic rings. The molecule has 0 amide bonds. The van der Waals surface area contributed by atoms with Crippen molar-refractivity contribution in [2.45, 2.75) is 69.8 Å². The Morgan fingerprint density at radius 2 is 1.65 bits per heavy atom. The number of hydrogen-bond donors (Lipinski definition) is 2. The van der Waals surface area contributed by atoms with E-state index in [-0.39, 0.29) is 10.8 Å². The van der Waals surface area contributed by atoms with Gasteiger partial charge in [-0.1, -0.05) is 76.2 Å². The molecular weight excluding hydrogens is 422 g/mol. The highest BCUT2D eigenvalue weighted by atomic mass is 16.5. The molecule has 0 bridgehead atoms. The van der Waals surface area contributed by atoms with Crippen LogP contribution in [0.4, 0.5) is 0 Å². The van der Waals surface area contributed by atoms with Crippen LogP contribution in [0.5, 0.6) is 0 Å². The van der Waals surface area contributed by atoms with Crippen molar-refractivity contribution in [2.75, 3.05) is 13.2 Å². The Hall–Kier alpha value is -2.69. The first-order valence-corrected chi connectivity index (χ1v) is 12.3. The quantitative estimate of drug-likeness (QED) is 0.481.